The van der Waals surface area contributed by atoms with E-state index in [4.69, 9.17) is 0 Å². The van der Waals surface area contributed by atoms with E-state index in [1.54, 1.807) is 14.1 Å². The monoisotopic (exact) mass is 292 g/mol. The van der Waals surface area contributed by atoms with Gasteiger partial charge in [0.15, 0.2) is 0 Å². The van der Waals surface area contributed by atoms with E-state index < -0.39 is 5.97 Å². The zero-order valence-corrected chi connectivity index (χ0v) is 12.2. The summed E-state index contributed by atoms with van der Waals surface area (Å²) in [6, 6.07) is 7.58. The van der Waals surface area contributed by atoms with E-state index in [2.05, 4.69) is 5.32 Å². The number of nitrogens with zero attached hydrogens (tertiary/aromatic N) is 1. The molecule has 1 aromatic heterocycles. The lowest BCUT2D eigenvalue weighted by Crippen LogP contribution is -2.32. The van der Waals surface area contributed by atoms with Crippen LogP contribution in [-0.4, -0.2) is 42.5 Å². The molecule has 2 N–H and O–H groups in total. The molecule has 0 aliphatic rings. The van der Waals surface area contributed by atoms with E-state index in [-0.39, 0.29) is 12.5 Å². The first-order valence-electron chi connectivity index (χ1n) is 6.15. The van der Waals surface area contributed by atoms with Crippen LogP contribution < -0.4 is 5.32 Å². The molecule has 0 aliphatic carbocycles. The summed E-state index contributed by atoms with van der Waals surface area (Å²) in [5, 5.41) is 13.2. The summed E-state index contributed by atoms with van der Waals surface area (Å²) in [5.41, 5.74) is 0.740. The number of carbonyl (C=O) groups excluding carboxylic acids is 1. The Morgan fingerprint density at radius 2 is 2.00 bits per heavy atom. The number of rotatable bonds is 5. The molecule has 6 heteroatoms. The summed E-state index contributed by atoms with van der Waals surface area (Å²) < 4.78 is 0.945. The van der Waals surface area contributed by atoms with Gasteiger partial charge in [0.2, 0.25) is 5.91 Å². The fourth-order valence-corrected chi connectivity index (χ4v) is 2.96. The third-order valence-corrected chi connectivity index (χ3v) is 4.17. The first-order valence-corrected chi connectivity index (χ1v) is 6.97. The maximum atomic E-state index is 11.5. The number of nitrogens with one attached hydrogen (secondary N) is 1. The Morgan fingerprint density at radius 1 is 1.30 bits per heavy atom. The molecule has 2 rings (SSSR count). The van der Waals surface area contributed by atoms with E-state index in [0.717, 1.165) is 15.6 Å². The van der Waals surface area contributed by atoms with Gasteiger partial charge >= 0.3 is 5.97 Å². The SMILES string of the molecule is CN(C)C(=O)CNCc1c(C(=O)O)sc2ccccc12. The Hall–Kier alpha value is -1.92. The molecule has 20 heavy (non-hydrogen) atoms. The summed E-state index contributed by atoms with van der Waals surface area (Å²) in [4.78, 5) is 24.6. The molecule has 106 valence electrons. The van der Waals surface area contributed by atoms with Gasteiger partial charge in [0.25, 0.3) is 0 Å². The Morgan fingerprint density at radius 3 is 2.65 bits per heavy atom. The number of carbonyl (C=O) groups is 2. The smallest absolute Gasteiger partial charge is 0.346 e. The topological polar surface area (TPSA) is 69.6 Å². The number of carboxylic acids is 1. The number of amides is 1. The van der Waals surface area contributed by atoms with E-state index in [9.17, 15) is 14.7 Å². The first kappa shape index (κ1) is 14.5. The molecule has 0 saturated carbocycles. The fourth-order valence-electron chi connectivity index (χ4n) is 1.90. The van der Waals surface area contributed by atoms with Crippen LogP contribution in [0.15, 0.2) is 24.3 Å². The molecule has 0 spiro atoms. The molecule has 0 unspecified atom stereocenters. The van der Waals surface area contributed by atoms with Crippen LogP contribution in [-0.2, 0) is 11.3 Å². The van der Waals surface area contributed by atoms with Crippen LogP contribution in [0, 0.1) is 0 Å². The van der Waals surface area contributed by atoms with Crippen molar-refractivity contribution in [2.75, 3.05) is 20.6 Å². The third-order valence-electron chi connectivity index (χ3n) is 2.97. The lowest BCUT2D eigenvalue weighted by Gasteiger charge is -2.11. The van der Waals surface area contributed by atoms with E-state index in [0.29, 0.717) is 11.4 Å². The van der Waals surface area contributed by atoms with Crippen LogP contribution in [0.25, 0.3) is 10.1 Å². The highest BCUT2D eigenvalue weighted by atomic mass is 32.1. The highest BCUT2D eigenvalue weighted by Gasteiger charge is 2.17. The zero-order valence-electron chi connectivity index (χ0n) is 11.3. The Kier molecular flexibility index (Phi) is 4.36. The van der Waals surface area contributed by atoms with Crippen LogP contribution in [0.5, 0.6) is 0 Å². The number of hydrogen-bond donors (Lipinski definition) is 2. The summed E-state index contributed by atoms with van der Waals surface area (Å²) in [7, 11) is 3.37. The molecular weight excluding hydrogens is 276 g/mol. The molecule has 1 amide bonds. The van der Waals surface area contributed by atoms with Crippen molar-refractivity contribution in [3.05, 3.63) is 34.7 Å². The van der Waals surface area contributed by atoms with Crippen LogP contribution in [0.3, 0.4) is 0 Å². The molecule has 1 aromatic carbocycles. The molecule has 0 radical (unpaired) electrons. The second-order valence-corrected chi connectivity index (χ2v) is 5.65. The van der Waals surface area contributed by atoms with Crippen LogP contribution in [0.4, 0.5) is 0 Å². The highest BCUT2D eigenvalue weighted by Crippen LogP contribution is 2.31. The minimum absolute atomic E-state index is 0.0404. The molecular formula is C14H16N2O3S. The van der Waals surface area contributed by atoms with Crippen LogP contribution >= 0.6 is 11.3 Å². The van der Waals surface area contributed by atoms with Crippen molar-refractivity contribution in [2.24, 2.45) is 0 Å². The van der Waals surface area contributed by atoms with E-state index in [1.807, 2.05) is 24.3 Å². The fraction of sp³-hybridized carbons (Fsp3) is 0.286. The minimum Gasteiger partial charge on any atom is -0.477 e. The molecule has 0 fully saturated rings. The minimum atomic E-state index is -0.929. The number of aromatic carboxylic acids is 1. The maximum absolute atomic E-state index is 11.5. The molecule has 0 aliphatic heterocycles. The van der Waals surface area contributed by atoms with Crippen molar-refractivity contribution < 1.29 is 14.7 Å². The zero-order chi connectivity index (χ0) is 14.7. The maximum Gasteiger partial charge on any atom is 0.346 e. The molecule has 0 saturated heterocycles. The summed E-state index contributed by atoms with van der Waals surface area (Å²) in [5.74, 6) is -0.969. The van der Waals surface area contributed by atoms with Gasteiger partial charge in [-0.25, -0.2) is 4.79 Å². The van der Waals surface area contributed by atoms with E-state index >= 15 is 0 Å². The van der Waals surface area contributed by atoms with Gasteiger partial charge in [-0.3, -0.25) is 4.79 Å². The van der Waals surface area contributed by atoms with Gasteiger partial charge in [0.1, 0.15) is 4.88 Å². The highest BCUT2D eigenvalue weighted by molar-refractivity contribution is 7.21. The normalized spacial score (nSPS) is 10.7. The molecule has 1 heterocycles. The molecule has 5 nitrogen and oxygen atoms in total. The van der Waals surface area contributed by atoms with Crippen molar-refractivity contribution in [2.45, 2.75) is 6.54 Å². The van der Waals surface area contributed by atoms with Gasteiger partial charge in [-0.2, -0.15) is 0 Å². The number of benzene rings is 1. The lowest BCUT2D eigenvalue weighted by atomic mass is 10.1. The largest absolute Gasteiger partial charge is 0.477 e. The Labute approximate surface area is 120 Å². The van der Waals surface area contributed by atoms with Crippen molar-refractivity contribution >= 4 is 33.3 Å². The van der Waals surface area contributed by atoms with Crippen molar-refractivity contribution in [3.8, 4) is 0 Å². The average Bonchev–Trinajstić information content (AvgIpc) is 2.78. The molecule has 0 atom stereocenters. The number of hydrogen-bond acceptors (Lipinski definition) is 4. The average molecular weight is 292 g/mol. The first-order chi connectivity index (χ1) is 9.50. The van der Waals surface area contributed by atoms with Crippen molar-refractivity contribution in [1.82, 2.24) is 10.2 Å². The van der Waals surface area contributed by atoms with Crippen molar-refractivity contribution in [1.29, 1.82) is 0 Å². The summed E-state index contributed by atoms with van der Waals surface area (Å²) in [6.07, 6.45) is 0. The number of thiophene rings is 1. The quantitative estimate of drug-likeness (QED) is 0.881. The van der Waals surface area contributed by atoms with Gasteiger partial charge in [0.05, 0.1) is 6.54 Å². The van der Waals surface area contributed by atoms with E-state index in [1.165, 1.54) is 16.2 Å². The third kappa shape index (κ3) is 2.97. The number of fused-ring (bicyclic) bond motifs is 1. The van der Waals surface area contributed by atoms with Gasteiger partial charge in [-0.05, 0) is 17.0 Å². The van der Waals surface area contributed by atoms with Crippen LogP contribution in [0.1, 0.15) is 15.2 Å². The second kappa shape index (κ2) is 6.02. The Bertz CT molecular complexity index is 649. The van der Waals surface area contributed by atoms with Gasteiger partial charge in [-0.15, -0.1) is 11.3 Å². The summed E-state index contributed by atoms with van der Waals surface area (Å²) >= 11 is 1.26. The number of carboxylic acid groups (broad SMARTS) is 1. The molecule has 2 aromatic rings. The lowest BCUT2D eigenvalue weighted by molar-refractivity contribution is -0.127. The number of likely N-dealkylation sites (N-methyl/N-ethyl adjacent to an activating group) is 1. The van der Waals surface area contributed by atoms with Gasteiger partial charge in [-0.1, -0.05) is 18.2 Å². The second-order valence-electron chi connectivity index (χ2n) is 4.60. The predicted molar refractivity (Wildman–Crippen MR) is 79.2 cm³/mol. The standard InChI is InChI=1S/C14H16N2O3S/c1-16(2)12(17)8-15-7-10-9-5-3-4-6-11(9)20-13(10)14(18)19/h3-6,15H,7-8H2,1-2H3,(H,18,19). The Balaban J connectivity index is 2.21. The van der Waals surface area contributed by atoms with Crippen LogP contribution in [0.2, 0.25) is 0 Å². The van der Waals surface area contributed by atoms with Gasteiger partial charge in [0, 0.05) is 25.3 Å². The summed E-state index contributed by atoms with van der Waals surface area (Å²) in [6.45, 7) is 0.557. The predicted octanol–water partition coefficient (Wildman–Crippen LogP) is 1.78. The molecule has 0 bridgehead atoms. The van der Waals surface area contributed by atoms with Gasteiger partial charge < -0.3 is 15.3 Å². The van der Waals surface area contributed by atoms with Crippen molar-refractivity contribution in [3.63, 3.8) is 0 Å².